The number of nitrogens with zero attached hydrogens (tertiary/aromatic N) is 4. The minimum atomic E-state index is -0.324. The van der Waals surface area contributed by atoms with E-state index in [1.165, 1.54) is 22.2 Å². The summed E-state index contributed by atoms with van der Waals surface area (Å²) in [6.45, 7) is 3.50. The molecule has 1 aromatic carbocycles. The topological polar surface area (TPSA) is 108 Å². The van der Waals surface area contributed by atoms with Crippen molar-refractivity contribution in [3.8, 4) is 23.1 Å². The number of thiazole rings is 1. The molecular formula is C22H28N4O6S. The van der Waals surface area contributed by atoms with Crippen molar-refractivity contribution in [1.82, 2.24) is 19.5 Å². The highest BCUT2D eigenvalue weighted by Crippen LogP contribution is 2.46. The van der Waals surface area contributed by atoms with Gasteiger partial charge in [-0.25, -0.2) is 4.98 Å². The van der Waals surface area contributed by atoms with Gasteiger partial charge in [-0.3, -0.25) is 9.69 Å². The Bertz CT molecular complexity index is 1100. The number of carbonyl (C=O) groups excluding carboxylic acids is 1. The van der Waals surface area contributed by atoms with Crippen molar-refractivity contribution in [3.05, 3.63) is 28.9 Å². The summed E-state index contributed by atoms with van der Waals surface area (Å²) in [6, 6.07) is 3.45. The summed E-state index contributed by atoms with van der Waals surface area (Å²) in [5.41, 5.74) is 0.860. The Kier molecular flexibility index (Phi) is 6.89. The highest BCUT2D eigenvalue weighted by atomic mass is 32.1. The number of fused-ring (bicyclic) bond motifs is 1. The Hall–Kier alpha value is -3.05. The first-order valence-corrected chi connectivity index (χ1v) is 11.6. The van der Waals surface area contributed by atoms with Gasteiger partial charge in [-0.1, -0.05) is 11.3 Å². The molecule has 1 fully saturated rings. The van der Waals surface area contributed by atoms with E-state index in [2.05, 4.69) is 15.0 Å². The molecule has 1 unspecified atom stereocenters. The standard InChI is InChI=1S/C22H28N4O6S/c1-5-32-21(28)13-6-8-25(9-7-13)17(19-20(27)26-22(33-19)23-12-24-26)14-10-15(29-2)18(31-4)16(11-14)30-3/h10-13,17,27H,5-9H2,1-4H3. The van der Waals surface area contributed by atoms with Crippen molar-refractivity contribution in [3.63, 3.8) is 0 Å². The summed E-state index contributed by atoms with van der Waals surface area (Å²) >= 11 is 1.37. The summed E-state index contributed by atoms with van der Waals surface area (Å²) in [4.78, 5) is 20.0. The Balaban J connectivity index is 1.76. The molecule has 33 heavy (non-hydrogen) atoms. The highest BCUT2D eigenvalue weighted by Gasteiger charge is 2.35. The number of hydrogen-bond acceptors (Lipinski definition) is 10. The van der Waals surface area contributed by atoms with Gasteiger partial charge < -0.3 is 24.1 Å². The molecule has 2 aromatic heterocycles. The zero-order valence-electron chi connectivity index (χ0n) is 19.1. The van der Waals surface area contributed by atoms with Crippen molar-refractivity contribution in [2.75, 3.05) is 41.0 Å². The van der Waals surface area contributed by atoms with Gasteiger partial charge in [-0.05, 0) is 50.6 Å². The van der Waals surface area contributed by atoms with Crippen molar-refractivity contribution < 1.29 is 28.8 Å². The van der Waals surface area contributed by atoms with Gasteiger partial charge in [0.05, 0.1) is 44.8 Å². The second-order valence-electron chi connectivity index (χ2n) is 7.67. The van der Waals surface area contributed by atoms with Crippen molar-refractivity contribution in [2.24, 2.45) is 5.92 Å². The van der Waals surface area contributed by atoms with E-state index in [9.17, 15) is 9.90 Å². The van der Waals surface area contributed by atoms with Gasteiger partial charge in [-0.2, -0.15) is 9.61 Å². The van der Waals surface area contributed by atoms with Crippen LogP contribution in [0, 0.1) is 5.92 Å². The SMILES string of the molecule is CCOC(=O)C1CCN(C(c2cc(OC)c(OC)c(OC)c2)c2sc3ncnn3c2O)CC1. The van der Waals surface area contributed by atoms with Crippen LogP contribution < -0.4 is 14.2 Å². The number of rotatable bonds is 8. The number of benzene rings is 1. The molecule has 178 valence electrons. The van der Waals surface area contributed by atoms with Crippen LogP contribution >= 0.6 is 11.3 Å². The molecule has 3 aromatic rings. The van der Waals surface area contributed by atoms with E-state index >= 15 is 0 Å². The molecule has 1 N–H and O–H groups in total. The van der Waals surface area contributed by atoms with Gasteiger partial charge >= 0.3 is 5.97 Å². The maximum absolute atomic E-state index is 12.2. The maximum Gasteiger partial charge on any atom is 0.309 e. The largest absolute Gasteiger partial charge is 0.493 e. The number of esters is 1. The molecule has 1 atom stereocenters. The molecule has 1 aliphatic rings. The van der Waals surface area contributed by atoms with Crippen LogP contribution in [-0.4, -0.2) is 71.6 Å². The third-order valence-corrected chi connectivity index (χ3v) is 6.99. The third-order valence-electron chi connectivity index (χ3n) is 5.90. The molecule has 1 aliphatic heterocycles. The van der Waals surface area contributed by atoms with E-state index in [1.807, 2.05) is 19.1 Å². The predicted molar refractivity (Wildman–Crippen MR) is 121 cm³/mol. The van der Waals surface area contributed by atoms with Crippen LogP contribution in [0.2, 0.25) is 0 Å². The number of ether oxygens (including phenoxy) is 4. The minimum Gasteiger partial charge on any atom is -0.493 e. The first-order chi connectivity index (χ1) is 16.0. The molecule has 0 radical (unpaired) electrons. The van der Waals surface area contributed by atoms with Crippen LogP contribution in [0.15, 0.2) is 18.5 Å². The van der Waals surface area contributed by atoms with Crippen LogP contribution in [0.25, 0.3) is 4.96 Å². The van der Waals surface area contributed by atoms with Gasteiger partial charge in [0, 0.05) is 0 Å². The summed E-state index contributed by atoms with van der Waals surface area (Å²) in [5.74, 6) is 1.31. The van der Waals surface area contributed by atoms with E-state index < -0.39 is 0 Å². The molecule has 0 amide bonds. The summed E-state index contributed by atoms with van der Waals surface area (Å²) in [5, 5.41) is 15.1. The molecule has 0 saturated carbocycles. The number of methoxy groups -OCH3 is 3. The molecule has 4 rings (SSSR count). The first-order valence-electron chi connectivity index (χ1n) is 10.7. The number of piperidine rings is 1. The number of aromatic nitrogens is 3. The Morgan fingerprint density at radius 3 is 2.39 bits per heavy atom. The second kappa shape index (κ2) is 9.84. The van der Waals surface area contributed by atoms with Gasteiger partial charge in [0.1, 0.15) is 6.33 Å². The van der Waals surface area contributed by atoms with Gasteiger partial charge in [0.15, 0.2) is 11.5 Å². The van der Waals surface area contributed by atoms with Crippen LogP contribution in [0.4, 0.5) is 0 Å². The zero-order chi connectivity index (χ0) is 23.5. The number of carbonyl (C=O) groups is 1. The quantitative estimate of drug-likeness (QED) is 0.491. The summed E-state index contributed by atoms with van der Waals surface area (Å²) in [6.07, 6.45) is 2.75. The molecule has 10 nitrogen and oxygen atoms in total. The Morgan fingerprint density at radius 1 is 1.18 bits per heavy atom. The fourth-order valence-electron chi connectivity index (χ4n) is 4.31. The lowest BCUT2D eigenvalue weighted by molar-refractivity contribution is -0.149. The van der Waals surface area contributed by atoms with E-state index in [4.69, 9.17) is 18.9 Å². The van der Waals surface area contributed by atoms with Crippen LogP contribution in [0.1, 0.15) is 36.2 Å². The van der Waals surface area contributed by atoms with Crippen molar-refractivity contribution in [2.45, 2.75) is 25.8 Å². The van der Waals surface area contributed by atoms with E-state index in [0.29, 0.717) is 59.6 Å². The molecule has 0 aliphatic carbocycles. The molecular weight excluding hydrogens is 448 g/mol. The lowest BCUT2D eigenvalue weighted by Gasteiger charge is -2.37. The fourth-order valence-corrected chi connectivity index (χ4v) is 5.40. The molecule has 1 saturated heterocycles. The molecule has 0 bridgehead atoms. The van der Waals surface area contributed by atoms with Gasteiger partial charge in [-0.15, -0.1) is 0 Å². The van der Waals surface area contributed by atoms with E-state index in [1.54, 1.807) is 21.3 Å². The summed E-state index contributed by atoms with van der Waals surface area (Å²) < 4.78 is 23.3. The summed E-state index contributed by atoms with van der Waals surface area (Å²) in [7, 11) is 4.70. The number of hydrogen-bond donors (Lipinski definition) is 1. The lowest BCUT2D eigenvalue weighted by atomic mass is 9.93. The number of aromatic hydroxyl groups is 1. The minimum absolute atomic E-state index is 0.0405. The fraction of sp³-hybridized carbons (Fsp3) is 0.500. The average molecular weight is 477 g/mol. The highest BCUT2D eigenvalue weighted by molar-refractivity contribution is 7.17. The monoisotopic (exact) mass is 476 g/mol. The predicted octanol–water partition coefficient (Wildman–Crippen LogP) is 2.89. The van der Waals surface area contributed by atoms with Gasteiger partial charge in [0.2, 0.25) is 16.6 Å². The van der Waals surface area contributed by atoms with Crippen molar-refractivity contribution >= 4 is 22.3 Å². The van der Waals surface area contributed by atoms with E-state index in [-0.39, 0.29) is 23.8 Å². The van der Waals surface area contributed by atoms with Crippen LogP contribution in [-0.2, 0) is 9.53 Å². The second-order valence-corrected chi connectivity index (χ2v) is 8.68. The number of likely N-dealkylation sites (tertiary alicyclic amines) is 1. The van der Waals surface area contributed by atoms with Crippen LogP contribution in [0.3, 0.4) is 0 Å². The lowest BCUT2D eigenvalue weighted by Crippen LogP contribution is -2.39. The van der Waals surface area contributed by atoms with Gasteiger partial charge in [0.25, 0.3) is 0 Å². The van der Waals surface area contributed by atoms with Crippen LogP contribution in [0.5, 0.6) is 23.1 Å². The molecule has 3 heterocycles. The third kappa shape index (κ3) is 4.30. The van der Waals surface area contributed by atoms with E-state index in [0.717, 1.165) is 5.56 Å². The first kappa shape index (κ1) is 23.1. The zero-order valence-corrected chi connectivity index (χ0v) is 19.9. The Labute approximate surface area is 195 Å². The maximum atomic E-state index is 12.2. The molecule has 0 spiro atoms. The normalized spacial score (nSPS) is 16.0. The Morgan fingerprint density at radius 2 is 1.85 bits per heavy atom. The average Bonchev–Trinajstić information content (AvgIpc) is 3.42. The smallest absolute Gasteiger partial charge is 0.309 e. The molecule has 11 heteroatoms. The van der Waals surface area contributed by atoms with Crippen molar-refractivity contribution in [1.29, 1.82) is 0 Å².